The molecular formula is C33H38N6O5S2. The van der Waals surface area contributed by atoms with Gasteiger partial charge in [-0.2, -0.15) is 4.72 Å². The van der Waals surface area contributed by atoms with Crippen molar-refractivity contribution >= 4 is 48.4 Å². The number of fused-ring (bicyclic) bond motifs is 1. The summed E-state index contributed by atoms with van der Waals surface area (Å²) in [4.78, 5) is 15.5. The average Bonchev–Trinajstić information content (AvgIpc) is 3.04. The number of carbonyl (C=O) groups excluding carboxylic acids is 1. The van der Waals surface area contributed by atoms with Crippen molar-refractivity contribution in [2.75, 3.05) is 24.4 Å². The van der Waals surface area contributed by atoms with Gasteiger partial charge in [-0.25, -0.2) is 16.8 Å². The molecule has 2 atom stereocenters. The maximum absolute atomic E-state index is 13.6. The van der Waals surface area contributed by atoms with Gasteiger partial charge in [-0.05, 0) is 84.8 Å². The van der Waals surface area contributed by atoms with Crippen LogP contribution in [0, 0.1) is 18.3 Å². The van der Waals surface area contributed by atoms with E-state index in [9.17, 15) is 21.6 Å². The van der Waals surface area contributed by atoms with Crippen LogP contribution in [-0.2, 0) is 31.3 Å². The van der Waals surface area contributed by atoms with Crippen LogP contribution in [0.3, 0.4) is 0 Å². The van der Waals surface area contributed by atoms with Gasteiger partial charge in [0.25, 0.3) is 10.0 Å². The number of guanidine groups is 1. The molecule has 0 spiro atoms. The Morgan fingerprint density at radius 2 is 1.59 bits per heavy atom. The van der Waals surface area contributed by atoms with Crippen LogP contribution < -0.4 is 20.5 Å². The number of aryl methyl sites for hydroxylation is 1. The number of amides is 1. The Hall–Kier alpha value is -4.46. The quantitative estimate of drug-likeness (QED) is 0.121. The number of sulfonamides is 2. The van der Waals surface area contributed by atoms with Gasteiger partial charge >= 0.3 is 0 Å². The summed E-state index contributed by atoms with van der Waals surface area (Å²) in [5.41, 5.74) is 7.56. The lowest BCUT2D eigenvalue weighted by Crippen LogP contribution is -2.51. The Morgan fingerprint density at radius 3 is 2.28 bits per heavy atom. The van der Waals surface area contributed by atoms with Gasteiger partial charge in [0.15, 0.2) is 5.96 Å². The molecule has 0 aromatic heterocycles. The zero-order chi connectivity index (χ0) is 32.9. The predicted octanol–water partition coefficient (Wildman–Crippen LogP) is 3.56. The first-order chi connectivity index (χ1) is 21.9. The smallest absolute Gasteiger partial charge is 0.261 e. The standard InChI is InChI=1S/C33H38N6O5S2/c1-23-8-15-29(16-9-23)45(41,42)37-28-13-10-24(11-14-28)19-31(32(40)36-21-25-5-4-18-39(22-25)33(34)35)38-46(43,44)30-17-12-26-6-2-3-7-27(26)20-30/h2-3,6-17,20,25,31,37-38H,4-5,18-19,21-22H2,1H3,(H3,34,35)(H,36,40)/t25?,31-/m1/s1. The normalized spacial score (nSPS) is 16.1. The van der Waals surface area contributed by atoms with Crippen LogP contribution in [0.1, 0.15) is 24.0 Å². The summed E-state index contributed by atoms with van der Waals surface area (Å²) in [7, 11) is -7.91. The lowest BCUT2D eigenvalue weighted by atomic mass is 9.98. The number of carbonyl (C=O) groups is 1. The van der Waals surface area contributed by atoms with Crippen molar-refractivity contribution in [1.29, 1.82) is 5.41 Å². The number of benzene rings is 4. The second-order valence-electron chi connectivity index (χ2n) is 11.6. The van der Waals surface area contributed by atoms with E-state index in [2.05, 4.69) is 14.8 Å². The molecule has 0 radical (unpaired) electrons. The number of nitrogens with two attached hydrogens (primary N) is 1. The van der Waals surface area contributed by atoms with Crippen molar-refractivity contribution < 1.29 is 21.6 Å². The monoisotopic (exact) mass is 662 g/mol. The fraction of sp³-hybridized carbons (Fsp3) is 0.273. The fourth-order valence-electron chi connectivity index (χ4n) is 5.47. The number of nitrogens with one attached hydrogen (secondary N) is 4. The van der Waals surface area contributed by atoms with E-state index in [1.165, 1.54) is 18.2 Å². The molecule has 1 heterocycles. The Morgan fingerprint density at radius 1 is 0.913 bits per heavy atom. The number of piperidine rings is 1. The first-order valence-corrected chi connectivity index (χ1v) is 17.9. The fourth-order valence-corrected chi connectivity index (χ4v) is 7.76. The van der Waals surface area contributed by atoms with Crippen LogP contribution in [-0.4, -0.2) is 59.3 Å². The molecule has 4 aromatic rings. The number of hydrogen-bond acceptors (Lipinski definition) is 6. The minimum atomic E-state index is -4.10. The van der Waals surface area contributed by atoms with E-state index in [4.69, 9.17) is 11.1 Å². The van der Waals surface area contributed by atoms with Crippen LogP contribution in [0.2, 0.25) is 0 Å². The van der Waals surface area contributed by atoms with Crippen molar-refractivity contribution in [3.05, 3.63) is 102 Å². The summed E-state index contributed by atoms with van der Waals surface area (Å²) in [5, 5.41) is 12.3. The molecule has 1 unspecified atom stereocenters. The van der Waals surface area contributed by atoms with Gasteiger partial charge in [0.2, 0.25) is 15.9 Å². The molecule has 0 saturated carbocycles. The maximum atomic E-state index is 13.6. The van der Waals surface area contributed by atoms with Crippen molar-refractivity contribution in [1.82, 2.24) is 14.9 Å². The van der Waals surface area contributed by atoms with Crippen molar-refractivity contribution in [3.8, 4) is 0 Å². The zero-order valence-electron chi connectivity index (χ0n) is 25.4. The van der Waals surface area contributed by atoms with Gasteiger partial charge in [-0.15, -0.1) is 0 Å². The summed E-state index contributed by atoms with van der Waals surface area (Å²) < 4.78 is 57.9. The third-order valence-corrected chi connectivity index (χ3v) is 10.9. The summed E-state index contributed by atoms with van der Waals surface area (Å²) in [5.74, 6) is -0.449. The Bertz CT molecular complexity index is 1930. The van der Waals surface area contributed by atoms with Crippen LogP contribution >= 0.6 is 0 Å². The number of likely N-dealkylation sites (tertiary alicyclic amines) is 1. The van der Waals surface area contributed by atoms with E-state index in [0.29, 0.717) is 30.9 Å². The first kappa shape index (κ1) is 32.9. The molecule has 0 aliphatic carbocycles. The van der Waals surface area contributed by atoms with E-state index in [1.807, 2.05) is 31.2 Å². The molecule has 0 bridgehead atoms. The zero-order valence-corrected chi connectivity index (χ0v) is 27.1. The first-order valence-electron chi connectivity index (χ1n) is 15.0. The summed E-state index contributed by atoms with van der Waals surface area (Å²) in [6, 6.07) is 24.0. The van der Waals surface area contributed by atoms with Crippen LogP contribution in [0.25, 0.3) is 10.8 Å². The van der Waals surface area contributed by atoms with E-state index in [-0.39, 0.29) is 28.1 Å². The lowest BCUT2D eigenvalue weighted by molar-refractivity contribution is -0.122. The SMILES string of the molecule is Cc1ccc(S(=O)(=O)Nc2ccc(C[C@@H](NS(=O)(=O)c3ccc4ccccc4c3)C(=O)NCC3CCCN(C(=N)N)C3)cc2)cc1. The molecule has 1 aliphatic heterocycles. The van der Waals surface area contributed by atoms with Gasteiger partial charge in [0.1, 0.15) is 6.04 Å². The molecule has 46 heavy (non-hydrogen) atoms. The third kappa shape index (κ3) is 8.22. The summed E-state index contributed by atoms with van der Waals surface area (Å²) in [6.45, 7) is 3.39. The van der Waals surface area contributed by atoms with Crippen LogP contribution in [0.5, 0.6) is 0 Å². The maximum Gasteiger partial charge on any atom is 0.261 e. The third-order valence-electron chi connectivity index (χ3n) is 8.05. The van der Waals surface area contributed by atoms with E-state index in [0.717, 1.165) is 29.2 Å². The molecule has 1 fully saturated rings. The second-order valence-corrected chi connectivity index (χ2v) is 15.0. The molecule has 242 valence electrons. The van der Waals surface area contributed by atoms with Gasteiger partial charge in [-0.1, -0.05) is 60.2 Å². The highest BCUT2D eigenvalue weighted by atomic mass is 32.2. The molecule has 1 saturated heterocycles. The highest BCUT2D eigenvalue weighted by Gasteiger charge is 2.28. The van der Waals surface area contributed by atoms with Gasteiger partial charge in [0, 0.05) is 25.3 Å². The number of rotatable bonds is 11. The van der Waals surface area contributed by atoms with Crippen molar-refractivity contribution in [2.45, 2.75) is 42.0 Å². The van der Waals surface area contributed by atoms with Crippen molar-refractivity contribution in [3.63, 3.8) is 0 Å². The molecule has 13 heteroatoms. The number of anilines is 1. The Labute approximate surface area is 269 Å². The van der Waals surface area contributed by atoms with Gasteiger partial charge in [-0.3, -0.25) is 14.9 Å². The molecule has 1 aliphatic rings. The average molecular weight is 663 g/mol. The largest absolute Gasteiger partial charge is 0.370 e. The van der Waals surface area contributed by atoms with Gasteiger partial charge in [0.05, 0.1) is 9.79 Å². The van der Waals surface area contributed by atoms with E-state index < -0.39 is 32.0 Å². The minimum Gasteiger partial charge on any atom is -0.370 e. The topological polar surface area (TPSA) is 175 Å². The van der Waals surface area contributed by atoms with Crippen LogP contribution in [0.4, 0.5) is 5.69 Å². The van der Waals surface area contributed by atoms with Crippen LogP contribution in [0.15, 0.2) is 101 Å². The molecule has 1 amide bonds. The highest BCUT2D eigenvalue weighted by Crippen LogP contribution is 2.21. The lowest BCUT2D eigenvalue weighted by Gasteiger charge is -2.33. The second kappa shape index (κ2) is 13.9. The molecule has 4 aromatic carbocycles. The van der Waals surface area contributed by atoms with E-state index >= 15 is 0 Å². The van der Waals surface area contributed by atoms with E-state index in [1.54, 1.807) is 53.4 Å². The number of hydrogen-bond donors (Lipinski definition) is 5. The molecular weight excluding hydrogens is 625 g/mol. The Kier molecular flexibility index (Phi) is 9.94. The predicted molar refractivity (Wildman–Crippen MR) is 179 cm³/mol. The minimum absolute atomic E-state index is 0.0124. The molecule has 5 rings (SSSR count). The highest BCUT2D eigenvalue weighted by molar-refractivity contribution is 7.92. The number of nitrogens with zero attached hydrogens (tertiary/aromatic N) is 1. The summed E-state index contributed by atoms with van der Waals surface area (Å²) in [6.07, 6.45) is 1.70. The molecule has 11 nitrogen and oxygen atoms in total. The van der Waals surface area contributed by atoms with Gasteiger partial charge < -0.3 is 16.0 Å². The van der Waals surface area contributed by atoms with Crippen molar-refractivity contribution in [2.24, 2.45) is 11.7 Å². The Balaban J connectivity index is 1.33. The summed E-state index contributed by atoms with van der Waals surface area (Å²) >= 11 is 0. The molecule has 6 N–H and O–H groups in total.